The lowest BCUT2D eigenvalue weighted by Gasteiger charge is -2.15. The molecule has 128 valence electrons. The molecule has 0 bridgehead atoms. The van der Waals surface area contributed by atoms with Crippen LogP contribution < -0.4 is 10.3 Å². The Kier molecular flexibility index (Phi) is 5.05. The largest absolute Gasteiger partial charge is 0.491 e. The SMILES string of the molecule is CC(C=NO)COc1c(-c2ccccc2)c(=O)[nH]c2cc(Cl)ccc12. The minimum absolute atomic E-state index is 0.115. The molecule has 1 unspecified atom stereocenters. The van der Waals surface area contributed by atoms with Gasteiger partial charge in [0.05, 0.1) is 17.7 Å². The Morgan fingerprint density at radius 2 is 2.04 bits per heavy atom. The van der Waals surface area contributed by atoms with Gasteiger partial charge in [0.1, 0.15) is 5.75 Å². The molecule has 0 radical (unpaired) electrons. The van der Waals surface area contributed by atoms with Gasteiger partial charge in [0.2, 0.25) is 0 Å². The van der Waals surface area contributed by atoms with Gasteiger partial charge in [-0.15, -0.1) is 5.16 Å². The second kappa shape index (κ2) is 7.40. The minimum atomic E-state index is -0.251. The van der Waals surface area contributed by atoms with Crippen molar-refractivity contribution < 1.29 is 9.94 Å². The zero-order chi connectivity index (χ0) is 17.8. The van der Waals surface area contributed by atoms with E-state index in [1.807, 2.05) is 43.3 Å². The fourth-order valence-corrected chi connectivity index (χ4v) is 2.80. The van der Waals surface area contributed by atoms with Gasteiger partial charge in [-0.05, 0) is 23.8 Å². The Labute approximate surface area is 149 Å². The van der Waals surface area contributed by atoms with Crippen LogP contribution in [0.5, 0.6) is 5.75 Å². The highest BCUT2D eigenvalue weighted by Gasteiger charge is 2.17. The van der Waals surface area contributed by atoms with Crippen molar-refractivity contribution in [2.24, 2.45) is 11.1 Å². The van der Waals surface area contributed by atoms with Crippen molar-refractivity contribution in [2.75, 3.05) is 6.61 Å². The van der Waals surface area contributed by atoms with Gasteiger partial charge in [0.25, 0.3) is 5.56 Å². The minimum Gasteiger partial charge on any atom is -0.491 e. The fourth-order valence-electron chi connectivity index (χ4n) is 2.63. The summed E-state index contributed by atoms with van der Waals surface area (Å²) in [5.74, 6) is 0.370. The molecule has 0 aliphatic rings. The molecule has 1 atom stereocenters. The molecule has 0 aliphatic heterocycles. The number of ether oxygens (including phenoxy) is 1. The summed E-state index contributed by atoms with van der Waals surface area (Å²) in [7, 11) is 0. The van der Waals surface area contributed by atoms with E-state index in [4.69, 9.17) is 21.5 Å². The zero-order valence-corrected chi connectivity index (χ0v) is 14.3. The van der Waals surface area contributed by atoms with E-state index in [1.54, 1.807) is 12.1 Å². The summed E-state index contributed by atoms with van der Waals surface area (Å²) >= 11 is 6.04. The van der Waals surface area contributed by atoms with Crippen LogP contribution in [0.1, 0.15) is 6.92 Å². The lowest BCUT2D eigenvalue weighted by Crippen LogP contribution is -2.15. The van der Waals surface area contributed by atoms with Crippen LogP contribution in [0, 0.1) is 5.92 Å². The number of H-pyrrole nitrogens is 1. The molecule has 6 heteroatoms. The topological polar surface area (TPSA) is 74.7 Å². The number of aromatic amines is 1. The summed E-state index contributed by atoms with van der Waals surface area (Å²) in [6, 6.07) is 14.6. The molecule has 3 aromatic rings. The molecule has 0 aliphatic carbocycles. The lowest BCUT2D eigenvalue weighted by molar-refractivity contribution is 0.287. The van der Waals surface area contributed by atoms with E-state index in [0.29, 0.717) is 21.9 Å². The van der Waals surface area contributed by atoms with Gasteiger partial charge < -0.3 is 14.9 Å². The Morgan fingerprint density at radius 1 is 1.28 bits per heavy atom. The van der Waals surface area contributed by atoms with Gasteiger partial charge in [-0.1, -0.05) is 48.9 Å². The monoisotopic (exact) mass is 356 g/mol. The Morgan fingerprint density at radius 3 is 2.76 bits per heavy atom. The molecule has 1 aromatic heterocycles. The number of hydrogen-bond acceptors (Lipinski definition) is 4. The van der Waals surface area contributed by atoms with Crippen molar-refractivity contribution in [3.63, 3.8) is 0 Å². The van der Waals surface area contributed by atoms with Crippen molar-refractivity contribution in [2.45, 2.75) is 6.92 Å². The van der Waals surface area contributed by atoms with Crippen LogP contribution in [0.15, 0.2) is 58.5 Å². The van der Waals surface area contributed by atoms with Crippen LogP contribution in [-0.4, -0.2) is 23.0 Å². The zero-order valence-electron chi connectivity index (χ0n) is 13.6. The number of nitrogens with zero attached hydrogens (tertiary/aromatic N) is 1. The third-order valence-corrected chi connectivity index (χ3v) is 4.04. The number of benzene rings is 2. The molecule has 2 N–H and O–H groups in total. The average molecular weight is 357 g/mol. The van der Waals surface area contributed by atoms with E-state index in [0.717, 1.165) is 10.9 Å². The highest BCUT2D eigenvalue weighted by atomic mass is 35.5. The molecule has 0 saturated carbocycles. The van der Waals surface area contributed by atoms with E-state index in [1.165, 1.54) is 6.21 Å². The summed E-state index contributed by atoms with van der Waals surface area (Å²) < 4.78 is 5.97. The standard InChI is InChI=1S/C19H17ClN2O3/c1-12(10-21-24)11-25-18-15-8-7-14(20)9-16(15)22-19(23)17(18)13-5-3-2-4-6-13/h2-10,12,24H,11H2,1H3,(H,22,23). The average Bonchev–Trinajstić information content (AvgIpc) is 2.60. The van der Waals surface area contributed by atoms with E-state index in [-0.39, 0.29) is 18.1 Å². The molecule has 0 saturated heterocycles. The third kappa shape index (κ3) is 3.67. The lowest BCUT2D eigenvalue weighted by atomic mass is 10.0. The van der Waals surface area contributed by atoms with E-state index in [2.05, 4.69) is 10.1 Å². The van der Waals surface area contributed by atoms with Crippen LogP contribution in [-0.2, 0) is 0 Å². The molecule has 3 rings (SSSR count). The first-order valence-corrected chi connectivity index (χ1v) is 8.19. The number of hydrogen-bond donors (Lipinski definition) is 2. The molecule has 0 fully saturated rings. The van der Waals surface area contributed by atoms with E-state index in [9.17, 15) is 4.79 Å². The van der Waals surface area contributed by atoms with Gasteiger partial charge in [0.15, 0.2) is 0 Å². The van der Waals surface area contributed by atoms with Crippen molar-refractivity contribution in [3.05, 3.63) is 63.9 Å². The molecular weight excluding hydrogens is 340 g/mol. The number of halogens is 1. The molecule has 25 heavy (non-hydrogen) atoms. The maximum absolute atomic E-state index is 12.7. The highest BCUT2D eigenvalue weighted by Crippen LogP contribution is 2.34. The number of aromatic nitrogens is 1. The van der Waals surface area contributed by atoms with E-state index < -0.39 is 0 Å². The predicted molar refractivity (Wildman–Crippen MR) is 100.0 cm³/mol. The summed E-state index contributed by atoms with van der Waals surface area (Å²) in [5, 5.41) is 13.0. The number of rotatable bonds is 5. The third-order valence-electron chi connectivity index (χ3n) is 3.80. The maximum Gasteiger partial charge on any atom is 0.260 e. The molecular formula is C19H17ClN2O3. The number of oxime groups is 1. The van der Waals surface area contributed by atoms with Gasteiger partial charge in [-0.2, -0.15) is 0 Å². The summed E-state index contributed by atoms with van der Waals surface area (Å²) in [6.45, 7) is 2.12. The number of nitrogens with one attached hydrogen (secondary N) is 1. The van der Waals surface area contributed by atoms with Crippen molar-refractivity contribution in [3.8, 4) is 16.9 Å². The predicted octanol–water partition coefficient (Wildman–Crippen LogP) is 4.32. The van der Waals surface area contributed by atoms with E-state index >= 15 is 0 Å². The van der Waals surface area contributed by atoms with Crippen LogP contribution in [0.2, 0.25) is 5.02 Å². The smallest absolute Gasteiger partial charge is 0.260 e. The number of fused-ring (bicyclic) bond motifs is 1. The van der Waals surface area contributed by atoms with Gasteiger partial charge >= 0.3 is 0 Å². The Bertz CT molecular complexity index is 968. The fraction of sp³-hybridized carbons (Fsp3) is 0.158. The highest BCUT2D eigenvalue weighted by molar-refractivity contribution is 6.31. The van der Waals surface area contributed by atoms with Gasteiger partial charge in [-0.25, -0.2) is 0 Å². The molecule has 2 aromatic carbocycles. The molecule has 5 nitrogen and oxygen atoms in total. The van der Waals surface area contributed by atoms with Gasteiger partial charge in [-0.3, -0.25) is 4.79 Å². The summed E-state index contributed by atoms with van der Waals surface area (Å²) in [6.07, 6.45) is 1.38. The van der Waals surface area contributed by atoms with Crippen LogP contribution in [0.3, 0.4) is 0 Å². The molecule has 0 spiro atoms. The first-order valence-electron chi connectivity index (χ1n) is 7.81. The summed E-state index contributed by atoms with van der Waals surface area (Å²) in [4.78, 5) is 15.6. The number of pyridine rings is 1. The van der Waals surface area contributed by atoms with Crippen molar-refractivity contribution in [1.82, 2.24) is 4.98 Å². The Balaban J connectivity index is 2.19. The second-order valence-electron chi connectivity index (χ2n) is 5.77. The first kappa shape index (κ1) is 17.0. The molecule has 1 heterocycles. The van der Waals surface area contributed by atoms with Gasteiger partial charge in [0, 0.05) is 22.5 Å². The van der Waals surface area contributed by atoms with Crippen molar-refractivity contribution >= 4 is 28.7 Å². The van der Waals surface area contributed by atoms with Crippen LogP contribution in [0.4, 0.5) is 0 Å². The Hall–Kier alpha value is -2.79. The van der Waals surface area contributed by atoms with Crippen LogP contribution in [0.25, 0.3) is 22.0 Å². The summed E-state index contributed by atoms with van der Waals surface area (Å²) in [5.41, 5.74) is 1.58. The normalized spacial score (nSPS) is 12.6. The maximum atomic E-state index is 12.7. The quantitative estimate of drug-likeness (QED) is 0.406. The second-order valence-corrected chi connectivity index (χ2v) is 6.20. The van der Waals surface area contributed by atoms with Crippen molar-refractivity contribution in [1.29, 1.82) is 0 Å². The first-order chi connectivity index (χ1) is 12.1. The van der Waals surface area contributed by atoms with Crippen LogP contribution >= 0.6 is 11.6 Å². The molecule has 0 amide bonds.